The van der Waals surface area contributed by atoms with Crippen LogP contribution in [0.15, 0.2) is 52.4 Å². The monoisotopic (exact) mass is 463 g/mol. The van der Waals surface area contributed by atoms with Gasteiger partial charge in [-0.25, -0.2) is 4.98 Å². The zero-order valence-corrected chi connectivity index (χ0v) is 18.3. The van der Waals surface area contributed by atoms with Crippen molar-refractivity contribution in [3.63, 3.8) is 0 Å². The number of rotatable bonds is 6. The van der Waals surface area contributed by atoms with Gasteiger partial charge in [-0.15, -0.1) is 0 Å². The van der Waals surface area contributed by atoms with E-state index in [4.69, 9.17) is 27.9 Å². The Morgan fingerprint density at radius 1 is 1.23 bits per heavy atom. The molecule has 30 heavy (non-hydrogen) atoms. The van der Waals surface area contributed by atoms with Gasteiger partial charge in [0.25, 0.3) is 5.56 Å². The second-order valence-corrected chi connectivity index (χ2v) is 8.77. The number of aromatic nitrogens is 2. The predicted octanol–water partition coefficient (Wildman–Crippen LogP) is 4.61. The predicted molar refractivity (Wildman–Crippen MR) is 121 cm³/mol. The van der Waals surface area contributed by atoms with Crippen LogP contribution in [0.5, 0.6) is 0 Å². The van der Waals surface area contributed by atoms with Crippen LogP contribution in [0.1, 0.15) is 12.8 Å². The van der Waals surface area contributed by atoms with E-state index in [0.29, 0.717) is 44.9 Å². The summed E-state index contributed by atoms with van der Waals surface area (Å²) < 4.78 is 7.32. The molecule has 1 amide bonds. The Bertz CT molecular complexity index is 1130. The van der Waals surface area contributed by atoms with Crippen molar-refractivity contribution in [1.29, 1.82) is 0 Å². The van der Waals surface area contributed by atoms with E-state index in [0.717, 1.165) is 12.8 Å². The highest BCUT2D eigenvalue weighted by Gasteiger charge is 2.20. The van der Waals surface area contributed by atoms with Crippen LogP contribution in [-0.4, -0.2) is 33.9 Å². The van der Waals surface area contributed by atoms with Gasteiger partial charge in [-0.3, -0.25) is 14.2 Å². The summed E-state index contributed by atoms with van der Waals surface area (Å²) in [6.45, 7) is 1.12. The number of halogens is 2. The summed E-state index contributed by atoms with van der Waals surface area (Å²) in [5.41, 5.74) is 0.998. The van der Waals surface area contributed by atoms with E-state index in [2.05, 4.69) is 10.3 Å². The number of amides is 1. The third-order valence-corrected chi connectivity index (χ3v) is 6.13. The number of thioether (sulfide) groups is 1. The van der Waals surface area contributed by atoms with E-state index in [1.807, 2.05) is 12.1 Å². The second kappa shape index (κ2) is 9.39. The van der Waals surface area contributed by atoms with Gasteiger partial charge in [0.1, 0.15) is 0 Å². The van der Waals surface area contributed by atoms with Gasteiger partial charge in [-0.05, 0) is 43.2 Å². The van der Waals surface area contributed by atoms with Gasteiger partial charge in [-0.1, -0.05) is 47.1 Å². The van der Waals surface area contributed by atoms with Crippen LogP contribution in [0.2, 0.25) is 10.0 Å². The van der Waals surface area contributed by atoms with E-state index in [1.54, 1.807) is 34.9 Å². The van der Waals surface area contributed by atoms with Crippen molar-refractivity contribution in [1.82, 2.24) is 9.55 Å². The van der Waals surface area contributed by atoms with Crippen LogP contribution < -0.4 is 10.9 Å². The van der Waals surface area contributed by atoms with Crippen LogP contribution in [0.25, 0.3) is 10.9 Å². The summed E-state index contributed by atoms with van der Waals surface area (Å²) in [4.78, 5) is 30.2. The number of hydrogen-bond donors (Lipinski definition) is 1. The van der Waals surface area contributed by atoms with Crippen LogP contribution in [0.3, 0.4) is 0 Å². The lowest BCUT2D eigenvalue weighted by molar-refractivity contribution is -0.113. The molecule has 1 fully saturated rings. The molecule has 0 spiro atoms. The van der Waals surface area contributed by atoms with Crippen molar-refractivity contribution < 1.29 is 9.53 Å². The minimum Gasteiger partial charge on any atom is -0.376 e. The first kappa shape index (κ1) is 21.2. The molecule has 1 saturated heterocycles. The maximum absolute atomic E-state index is 13.1. The third-order valence-electron chi connectivity index (χ3n) is 4.72. The molecule has 0 bridgehead atoms. The lowest BCUT2D eigenvalue weighted by Gasteiger charge is -2.16. The molecule has 0 saturated carbocycles. The maximum Gasteiger partial charge on any atom is 0.262 e. The highest BCUT2D eigenvalue weighted by atomic mass is 35.5. The molecule has 1 aliphatic heterocycles. The van der Waals surface area contributed by atoms with Crippen LogP contribution in [-0.2, 0) is 16.1 Å². The topological polar surface area (TPSA) is 73.2 Å². The average molecular weight is 464 g/mol. The fraction of sp³-hybridized carbons (Fsp3) is 0.286. The Balaban J connectivity index is 1.56. The Morgan fingerprint density at radius 3 is 2.73 bits per heavy atom. The van der Waals surface area contributed by atoms with Crippen LogP contribution in [0, 0.1) is 0 Å². The number of nitrogens with one attached hydrogen (secondary N) is 1. The minimum absolute atomic E-state index is 0.0209. The molecule has 0 radical (unpaired) electrons. The summed E-state index contributed by atoms with van der Waals surface area (Å²) in [6.07, 6.45) is 1.86. The fourth-order valence-electron chi connectivity index (χ4n) is 3.36. The number of carbonyl (C=O) groups is 1. The van der Waals surface area contributed by atoms with E-state index in [1.165, 1.54) is 11.8 Å². The molecule has 1 aromatic heterocycles. The van der Waals surface area contributed by atoms with E-state index in [-0.39, 0.29) is 23.3 Å². The van der Waals surface area contributed by atoms with Crippen molar-refractivity contribution in [3.05, 3.63) is 62.9 Å². The van der Waals surface area contributed by atoms with E-state index in [9.17, 15) is 9.59 Å². The quantitative estimate of drug-likeness (QED) is 0.426. The van der Waals surface area contributed by atoms with Crippen molar-refractivity contribution in [3.8, 4) is 0 Å². The molecule has 4 rings (SSSR count). The Hall–Kier alpha value is -2.06. The summed E-state index contributed by atoms with van der Waals surface area (Å²) in [5, 5.41) is 4.69. The molecule has 1 N–H and O–H groups in total. The average Bonchev–Trinajstić information content (AvgIpc) is 3.21. The normalized spacial score (nSPS) is 16.1. The first-order chi connectivity index (χ1) is 14.5. The number of ether oxygens (including phenoxy) is 1. The summed E-state index contributed by atoms with van der Waals surface area (Å²) in [6, 6.07) is 12.1. The lowest BCUT2D eigenvalue weighted by atomic mass is 10.2. The molecule has 2 aromatic carbocycles. The molecule has 6 nitrogen and oxygen atoms in total. The number of para-hydroxylation sites is 1. The number of benzene rings is 2. The van der Waals surface area contributed by atoms with Crippen molar-refractivity contribution in [2.24, 2.45) is 0 Å². The Morgan fingerprint density at radius 2 is 2.00 bits per heavy atom. The summed E-state index contributed by atoms with van der Waals surface area (Å²) in [7, 11) is 0. The molecular formula is C21H19Cl2N3O3S. The Kier molecular flexibility index (Phi) is 6.63. The fourth-order valence-corrected chi connectivity index (χ4v) is 4.70. The van der Waals surface area contributed by atoms with Gasteiger partial charge in [-0.2, -0.15) is 0 Å². The van der Waals surface area contributed by atoms with Gasteiger partial charge in [0.05, 0.1) is 29.3 Å². The highest BCUT2D eigenvalue weighted by Crippen LogP contribution is 2.24. The molecular weight excluding hydrogens is 445 g/mol. The number of nitrogens with zero attached hydrogens (tertiary/aromatic N) is 2. The third kappa shape index (κ3) is 4.98. The second-order valence-electron chi connectivity index (χ2n) is 6.96. The van der Waals surface area contributed by atoms with Gasteiger partial charge in [0, 0.05) is 22.3 Å². The molecule has 2 heterocycles. The van der Waals surface area contributed by atoms with Crippen molar-refractivity contribution in [2.75, 3.05) is 17.7 Å². The smallest absolute Gasteiger partial charge is 0.262 e. The zero-order valence-electron chi connectivity index (χ0n) is 15.9. The van der Waals surface area contributed by atoms with E-state index >= 15 is 0 Å². The molecule has 156 valence electrons. The first-order valence-electron chi connectivity index (χ1n) is 9.49. The van der Waals surface area contributed by atoms with Gasteiger partial charge in [0.2, 0.25) is 5.91 Å². The standard InChI is InChI=1S/C21H19Cl2N3O3S/c22-13-8-14(23)10-15(9-13)24-19(27)12-30-21-25-18-6-2-1-5-17(18)20(28)26(21)11-16-4-3-7-29-16/h1-2,5-6,8-10,16H,3-4,7,11-12H2,(H,24,27). The van der Waals surface area contributed by atoms with Crippen molar-refractivity contribution >= 4 is 57.5 Å². The van der Waals surface area contributed by atoms with Crippen molar-refractivity contribution in [2.45, 2.75) is 30.6 Å². The molecule has 1 atom stereocenters. The molecule has 1 aliphatic rings. The van der Waals surface area contributed by atoms with Gasteiger partial charge < -0.3 is 10.1 Å². The Labute approximate surface area is 187 Å². The number of carbonyl (C=O) groups excluding carboxylic acids is 1. The number of hydrogen-bond acceptors (Lipinski definition) is 5. The summed E-state index contributed by atoms with van der Waals surface area (Å²) in [5.74, 6) is -0.162. The van der Waals surface area contributed by atoms with Gasteiger partial charge in [0.15, 0.2) is 5.16 Å². The number of anilines is 1. The largest absolute Gasteiger partial charge is 0.376 e. The maximum atomic E-state index is 13.1. The molecule has 9 heteroatoms. The number of fused-ring (bicyclic) bond motifs is 1. The molecule has 3 aromatic rings. The van der Waals surface area contributed by atoms with Gasteiger partial charge >= 0.3 is 0 Å². The van der Waals surface area contributed by atoms with E-state index < -0.39 is 0 Å². The van der Waals surface area contributed by atoms with Crippen LogP contribution in [0.4, 0.5) is 5.69 Å². The summed E-state index contributed by atoms with van der Waals surface area (Å²) >= 11 is 13.2. The zero-order chi connectivity index (χ0) is 21.1. The minimum atomic E-state index is -0.246. The first-order valence-corrected chi connectivity index (χ1v) is 11.2. The molecule has 0 aliphatic carbocycles. The lowest BCUT2D eigenvalue weighted by Crippen LogP contribution is -2.29. The molecule has 1 unspecified atom stereocenters. The SMILES string of the molecule is O=C(CSc1nc2ccccc2c(=O)n1CC1CCCO1)Nc1cc(Cl)cc(Cl)c1. The highest BCUT2D eigenvalue weighted by molar-refractivity contribution is 7.99. The van der Waals surface area contributed by atoms with Crippen LogP contribution >= 0.6 is 35.0 Å².